The van der Waals surface area contributed by atoms with E-state index in [0.717, 1.165) is 23.3 Å². The van der Waals surface area contributed by atoms with Gasteiger partial charge in [-0.2, -0.15) is 0 Å². The molecule has 0 spiro atoms. The van der Waals surface area contributed by atoms with E-state index in [-0.39, 0.29) is 10.6 Å². The van der Waals surface area contributed by atoms with Crippen LogP contribution in [0, 0.1) is 5.82 Å². The lowest BCUT2D eigenvalue weighted by Crippen LogP contribution is -1.98. The van der Waals surface area contributed by atoms with Crippen LogP contribution in [0.15, 0.2) is 46.9 Å². The number of halogens is 3. The van der Waals surface area contributed by atoms with E-state index in [2.05, 4.69) is 38.8 Å². The van der Waals surface area contributed by atoms with Crippen molar-refractivity contribution in [3.63, 3.8) is 0 Å². The van der Waals surface area contributed by atoms with Crippen LogP contribution in [0.3, 0.4) is 0 Å². The molecular formula is C16H15Br2FO. The highest BCUT2D eigenvalue weighted by molar-refractivity contribution is 9.10. The van der Waals surface area contributed by atoms with E-state index in [1.165, 1.54) is 6.07 Å². The fourth-order valence-electron chi connectivity index (χ4n) is 1.84. The van der Waals surface area contributed by atoms with Gasteiger partial charge in [0, 0.05) is 0 Å². The van der Waals surface area contributed by atoms with Gasteiger partial charge in [-0.15, -0.1) is 0 Å². The van der Waals surface area contributed by atoms with Gasteiger partial charge in [0.15, 0.2) is 0 Å². The average Bonchev–Trinajstić information content (AvgIpc) is 2.47. The van der Waals surface area contributed by atoms with E-state index < -0.39 is 0 Å². The van der Waals surface area contributed by atoms with Crippen LogP contribution < -0.4 is 4.74 Å². The van der Waals surface area contributed by atoms with Crippen LogP contribution in [0.1, 0.15) is 29.3 Å². The Morgan fingerprint density at radius 3 is 2.60 bits per heavy atom. The predicted molar refractivity (Wildman–Crippen MR) is 87.1 cm³/mol. The molecule has 0 radical (unpaired) electrons. The Morgan fingerprint density at radius 1 is 1.15 bits per heavy atom. The Bertz CT molecular complexity index is 586. The highest BCUT2D eigenvalue weighted by Gasteiger charge is 2.12. The molecule has 1 unspecified atom stereocenters. The minimum Gasteiger partial charge on any atom is -0.494 e. The summed E-state index contributed by atoms with van der Waals surface area (Å²) < 4.78 is 19.4. The summed E-state index contributed by atoms with van der Waals surface area (Å²) in [5, 5.41) is 0. The van der Waals surface area contributed by atoms with Gasteiger partial charge in [-0.3, -0.25) is 0 Å². The fraction of sp³-hybridized carbons (Fsp3) is 0.250. The lowest BCUT2D eigenvalue weighted by Gasteiger charge is -2.13. The number of hydrogen-bond donors (Lipinski definition) is 0. The number of hydrogen-bond acceptors (Lipinski definition) is 1. The molecule has 2 rings (SSSR count). The van der Waals surface area contributed by atoms with Crippen molar-refractivity contribution in [1.29, 1.82) is 0 Å². The molecule has 0 saturated heterocycles. The molecule has 2 aromatic rings. The molecule has 0 aromatic heterocycles. The van der Waals surface area contributed by atoms with Gasteiger partial charge in [-0.05, 0) is 57.7 Å². The van der Waals surface area contributed by atoms with Crippen LogP contribution in [-0.2, 0) is 0 Å². The van der Waals surface area contributed by atoms with E-state index in [1.54, 1.807) is 12.1 Å². The summed E-state index contributed by atoms with van der Waals surface area (Å²) in [5.74, 6) is 0.600. The predicted octanol–water partition coefficient (Wildman–Crippen LogP) is 5.86. The smallest absolute Gasteiger partial charge is 0.137 e. The normalized spacial score (nSPS) is 12.2. The molecular weight excluding hydrogens is 387 g/mol. The molecule has 106 valence electrons. The van der Waals surface area contributed by atoms with Crippen LogP contribution in [-0.4, -0.2) is 6.61 Å². The highest BCUT2D eigenvalue weighted by Crippen LogP contribution is 2.34. The first kappa shape index (κ1) is 15.5. The summed E-state index contributed by atoms with van der Waals surface area (Å²) in [5.41, 5.74) is 2.07. The van der Waals surface area contributed by atoms with Crippen molar-refractivity contribution in [2.75, 3.05) is 6.61 Å². The van der Waals surface area contributed by atoms with E-state index in [9.17, 15) is 4.39 Å². The number of benzene rings is 2. The zero-order valence-electron chi connectivity index (χ0n) is 11.1. The van der Waals surface area contributed by atoms with Crippen LogP contribution in [0.4, 0.5) is 4.39 Å². The summed E-state index contributed by atoms with van der Waals surface area (Å²) >= 11 is 6.87. The molecule has 1 nitrogen and oxygen atoms in total. The monoisotopic (exact) mass is 400 g/mol. The number of rotatable bonds is 5. The molecule has 0 fully saturated rings. The average molecular weight is 402 g/mol. The molecule has 0 heterocycles. The molecule has 4 heteroatoms. The molecule has 1 atom stereocenters. The van der Waals surface area contributed by atoms with Crippen molar-refractivity contribution in [3.05, 3.63) is 63.9 Å². The second-order valence-corrected chi connectivity index (χ2v) is 6.23. The van der Waals surface area contributed by atoms with Gasteiger partial charge in [0.1, 0.15) is 11.6 Å². The molecule has 2 aromatic carbocycles. The summed E-state index contributed by atoms with van der Waals surface area (Å²) in [6, 6.07) is 13.0. The van der Waals surface area contributed by atoms with Crippen LogP contribution in [0.5, 0.6) is 5.75 Å². The van der Waals surface area contributed by atoms with Crippen molar-refractivity contribution >= 4 is 31.9 Å². The van der Waals surface area contributed by atoms with Gasteiger partial charge in [-0.1, -0.05) is 41.1 Å². The van der Waals surface area contributed by atoms with Crippen LogP contribution in [0.25, 0.3) is 0 Å². The van der Waals surface area contributed by atoms with Gasteiger partial charge < -0.3 is 4.74 Å². The molecule has 0 saturated carbocycles. The van der Waals surface area contributed by atoms with Gasteiger partial charge >= 0.3 is 0 Å². The van der Waals surface area contributed by atoms with E-state index in [1.807, 2.05) is 24.3 Å². The third kappa shape index (κ3) is 3.83. The van der Waals surface area contributed by atoms with Crippen molar-refractivity contribution in [1.82, 2.24) is 0 Å². The zero-order valence-corrected chi connectivity index (χ0v) is 14.2. The lowest BCUT2D eigenvalue weighted by atomic mass is 10.0. The largest absolute Gasteiger partial charge is 0.494 e. The molecule has 20 heavy (non-hydrogen) atoms. The molecule has 0 aliphatic carbocycles. The first-order valence-electron chi connectivity index (χ1n) is 6.43. The van der Waals surface area contributed by atoms with Crippen molar-refractivity contribution in [3.8, 4) is 5.75 Å². The Morgan fingerprint density at radius 2 is 1.90 bits per heavy atom. The highest BCUT2D eigenvalue weighted by atomic mass is 79.9. The Balaban J connectivity index is 2.23. The molecule has 0 N–H and O–H groups in total. The quantitative estimate of drug-likeness (QED) is 0.570. The van der Waals surface area contributed by atoms with Crippen molar-refractivity contribution in [2.45, 2.75) is 18.2 Å². The summed E-state index contributed by atoms with van der Waals surface area (Å²) in [6.07, 6.45) is 0.979. The molecule has 0 bridgehead atoms. The first-order valence-corrected chi connectivity index (χ1v) is 8.14. The second-order valence-electron chi connectivity index (χ2n) is 4.46. The molecule has 0 amide bonds. The maximum atomic E-state index is 13.3. The maximum absolute atomic E-state index is 13.3. The SMILES string of the molecule is CCCOc1cccc(C(Br)c2ccc(F)c(Br)c2)c1. The summed E-state index contributed by atoms with van der Waals surface area (Å²) in [7, 11) is 0. The topological polar surface area (TPSA) is 9.23 Å². The number of ether oxygens (including phenoxy) is 1. The lowest BCUT2D eigenvalue weighted by molar-refractivity contribution is 0.317. The Labute approximate surface area is 135 Å². The zero-order chi connectivity index (χ0) is 14.5. The van der Waals surface area contributed by atoms with Gasteiger partial charge in [0.05, 0.1) is 15.9 Å². The van der Waals surface area contributed by atoms with Gasteiger partial charge in [-0.25, -0.2) is 4.39 Å². The van der Waals surface area contributed by atoms with E-state index in [4.69, 9.17) is 4.74 Å². The molecule has 0 aliphatic rings. The van der Waals surface area contributed by atoms with Crippen molar-refractivity contribution in [2.24, 2.45) is 0 Å². The van der Waals surface area contributed by atoms with Gasteiger partial charge in [0.25, 0.3) is 0 Å². The third-order valence-electron chi connectivity index (χ3n) is 2.86. The minimum atomic E-state index is -0.256. The molecule has 0 aliphatic heterocycles. The van der Waals surface area contributed by atoms with Crippen LogP contribution in [0.2, 0.25) is 0 Å². The summed E-state index contributed by atoms with van der Waals surface area (Å²) in [4.78, 5) is 0.00424. The Kier molecular flexibility index (Phi) is 5.61. The minimum absolute atomic E-state index is 0.00424. The standard InChI is InChI=1S/C16H15Br2FO/c1-2-8-20-13-5-3-4-11(9-13)16(18)12-6-7-15(19)14(17)10-12/h3-7,9-10,16H,2,8H2,1H3. The Hall–Kier alpha value is -0.870. The maximum Gasteiger partial charge on any atom is 0.137 e. The summed E-state index contributed by atoms with van der Waals surface area (Å²) in [6.45, 7) is 2.78. The second kappa shape index (κ2) is 7.23. The van der Waals surface area contributed by atoms with Crippen LogP contribution >= 0.6 is 31.9 Å². The third-order valence-corrected chi connectivity index (χ3v) is 4.52. The van der Waals surface area contributed by atoms with E-state index >= 15 is 0 Å². The van der Waals surface area contributed by atoms with E-state index in [0.29, 0.717) is 11.1 Å². The van der Waals surface area contributed by atoms with Gasteiger partial charge in [0.2, 0.25) is 0 Å². The fourth-order valence-corrected chi connectivity index (χ4v) is 2.81. The number of alkyl halides is 1. The first-order chi connectivity index (χ1) is 9.61. The van der Waals surface area contributed by atoms with Crippen molar-refractivity contribution < 1.29 is 9.13 Å².